The summed E-state index contributed by atoms with van der Waals surface area (Å²) in [6, 6.07) is 14.5. The predicted molar refractivity (Wildman–Crippen MR) is 91.3 cm³/mol. The van der Waals surface area contributed by atoms with Crippen molar-refractivity contribution in [3.05, 3.63) is 53.6 Å². The number of carbonyl (C=O) groups is 1. The molecule has 0 saturated carbocycles. The molecule has 1 aromatic heterocycles. The van der Waals surface area contributed by atoms with E-state index in [4.69, 9.17) is 9.84 Å². The quantitative estimate of drug-likeness (QED) is 0.791. The SMILES string of the molecule is CCn1c(-c2ccc(C(=O)O)cc2)c(C#N)c2ccc(OC)cc21. The second-order valence-corrected chi connectivity index (χ2v) is 5.35. The Labute approximate surface area is 139 Å². The molecule has 0 saturated heterocycles. The Morgan fingerprint density at radius 3 is 2.50 bits per heavy atom. The highest BCUT2D eigenvalue weighted by molar-refractivity contribution is 5.96. The second-order valence-electron chi connectivity index (χ2n) is 5.35. The van der Waals surface area contributed by atoms with Crippen molar-refractivity contribution in [2.24, 2.45) is 0 Å². The Kier molecular flexibility index (Phi) is 3.97. The molecule has 0 spiro atoms. The first-order valence-corrected chi connectivity index (χ1v) is 7.54. The Morgan fingerprint density at radius 1 is 1.25 bits per heavy atom. The van der Waals surface area contributed by atoms with Crippen molar-refractivity contribution >= 4 is 16.9 Å². The van der Waals surface area contributed by atoms with E-state index in [1.54, 1.807) is 31.4 Å². The van der Waals surface area contributed by atoms with Crippen LogP contribution in [0.5, 0.6) is 5.75 Å². The lowest BCUT2D eigenvalue weighted by molar-refractivity contribution is 0.0697. The largest absolute Gasteiger partial charge is 0.497 e. The van der Waals surface area contributed by atoms with Gasteiger partial charge in [0.1, 0.15) is 11.8 Å². The lowest BCUT2D eigenvalue weighted by atomic mass is 10.0. The Balaban J connectivity index is 2.30. The summed E-state index contributed by atoms with van der Waals surface area (Å²) < 4.78 is 7.34. The molecule has 0 aliphatic carbocycles. The van der Waals surface area contributed by atoms with Crippen molar-refractivity contribution in [3.8, 4) is 23.1 Å². The van der Waals surface area contributed by atoms with Crippen LogP contribution in [0.15, 0.2) is 42.5 Å². The number of hydrogen-bond acceptors (Lipinski definition) is 3. The normalized spacial score (nSPS) is 10.5. The summed E-state index contributed by atoms with van der Waals surface area (Å²) in [4.78, 5) is 11.0. The van der Waals surface area contributed by atoms with E-state index >= 15 is 0 Å². The summed E-state index contributed by atoms with van der Waals surface area (Å²) in [7, 11) is 1.61. The molecule has 5 heteroatoms. The summed E-state index contributed by atoms with van der Waals surface area (Å²) in [5.74, 6) is -0.241. The van der Waals surface area contributed by atoms with E-state index in [0.717, 1.165) is 27.9 Å². The molecule has 3 rings (SSSR count). The number of nitrogens with zero attached hydrogens (tertiary/aromatic N) is 2. The molecule has 0 atom stereocenters. The second kappa shape index (κ2) is 6.09. The molecule has 3 aromatic rings. The number of fused-ring (bicyclic) bond motifs is 1. The summed E-state index contributed by atoms with van der Waals surface area (Å²) >= 11 is 0. The predicted octanol–water partition coefficient (Wildman–Crippen LogP) is 3.91. The van der Waals surface area contributed by atoms with Crippen LogP contribution in [-0.4, -0.2) is 22.8 Å². The molecule has 2 aromatic carbocycles. The maximum atomic E-state index is 11.0. The fraction of sp³-hybridized carbons (Fsp3) is 0.158. The summed E-state index contributed by atoms with van der Waals surface area (Å²) in [5, 5.41) is 19.6. The number of aromatic nitrogens is 1. The van der Waals surface area contributed by atoms with E-state index < -0.39 is 5.97 Å². The van der Waals surface area contributed by atoms with E-state index in [2.05, 4.69) is 6.07 Å². The number of benzene rings is 2. The number of ether oxygens (including phenoxy) is 1. The number of nitriles is 1. The number of carboxylic acids is 1. The molecule has 0 bridgehead atoms. The lowest BCUT2D eigenvalue weighted by Crippen LogP contribution is -1.99. The molecule has 0 amide bonds. The number of carboxylic acid groups (broad SMARTS) is 1. The van der Waals surface area contributed by atoms with Gasteiger partial charge in [0.2, 0.25) is 0 Å². The first kappa shape index (κ1) is 15.6. The van der Waals surface area contributed by atoms with Gasteiger partial charge in [0.25, 0.3) is 0 Å². The van der Waals surface area contributed by atoms with Gasteiger partial charge in [-0.15, -0.1) is 0 Å². The van der Waals surface area contributed by atoms with Gasteiger partial charge in [0.05, 0.1) is 29.4 Å². The van der Waals surface area contributed by atoms with Gasteiger partial charge < -0.3 is 14.4 Å². The maximum absolute atomic E-state index is 11.0. The molecule has 0 unspecified atom stereocenters. The van der Waals surface area contributed by atoms with E-state index in [-0.39, 0.29) is 5.56 Å². The van der Waals surface area contributed by atoms with E-state index in [0.29, 0.717) is 12.1 Å². The first-order valence-electron chi connectivity index (χ1n) is 7.54. The highest BCUT2D eigenvalue weighted by Crippen LogP contribution is 2.35. The number of rotatable bonds is 4. The summed E-state index contributed by atoms with van der Waals surface area (Å²) in [6.45, 7) is 2.69. The zero-order valence-corrected chi connectivity index (χ0v) is 13.4. The van der Waals surface area contributed by atoms with Crippen LogP contribution in [0.3, 0.4) is 0 Å². The Morgan fingerprint density at radius 2 is 1.96 bits per heavy atom. The molecular weight excluding hydrogens is 304 g/mol. The van der Waals surface area contributed by atoms with Crippen LogP contribution in [0.2, 0.25) is 0 Å². The van der Waals surface area contributed by atoms with Crippen molar-refractivity contribution in [1.29, 1.82) is 5.26 Å². The van der Waals surface area contributed by atoms with Crippen LogP contribution in [0.1, 0.15) is 22.8 Å². The van der Waals surface area contributed by atoms with Crippen molar-refractivity contribution in [2.45, 2.75) is 13.5 Å². The molecule has 24 heavy (non-hydrogen) atoms. The number of methoxy groups -OCH3 is 1. The highest BCUT2D eigenvalue weighted by Gasteiger charge is 2.18. The van der Waals surface area contributed by atoms with Crippen LogP contribution in [0, 0.1) is 11.3 Å². The average Bonchev–Trinajstić information content (AvgIpc) is 2.94. The molecule has 0 aliphatic heterocycles. The Bertz CT molecular complexity index is 963. The standard InChI is InChI=1S/C19H16N2O3/c1-3-21-17-10-14(24-2)8-9-15(17)16(11-20)18(21)12-4-6-13(7-5-12)19(22)23/h4-10H,3H2,1-2H3,(H,22,23). The van der Waals surface area contributed by atoms with Gasteiger partial charge in [-0.1, -0.05) is 12.1 Å². The first-order chi connectivity index (χ1) is 11.6. The number of aryl methyl sites for hydroxylation is 1. The minimum atomic E-state index is -0.970. The third-order valence-electron chi connectivity index (χ3n) is 4.11. The van der Waals surface area contributed by atoms with Gasteiger partial charge in [0.15, 0.2) is 0 Å². The van der Waals surface area contributed by atoms with Crippen molar-refractivity contribution in [3.63, 3.8) is 0 Å². The molecule has 120 valence electrons. The fourth-order valence-corrected chi connectivity index (χ4v) is 2.97. The van der Waals surface area contributed by atoms with Gasteiger partial charge in [0, 0.05) is 18.0 Å². The molecule has 0 radical (unpaired) electrons. The van der Waals surface area contributed by atoms with Gasteiger partial charge >= 0.3 is 5.97 Å². The Hall–Kier alpha value is -3.26. The van der Waals surface area contributed by atoms with Crippen LogP contribution in [-0.2, 0) is 6.54 Å². The van der Waals surface area contributed by atoms with E-state index in [1.807, 2.05) is 29.7 Å². The molecular formula is C19H16N2O3. The average molecular weight is 320 g/mol. The van der Waals surface area contributed by atoms with E-state index in [9.17, 15) is 10.1 Å². The van der Waals surface area contributed by atoms with Crippen LogP contribution in [0.4, 0.5) is 0 Å². The third-order valence-corrected chi connectivity index (χ3v) is 4.11. The number of aromatic carboxylic acids is 1. The molecule has 1 heterocycles. The van der Waals surface area contributed by atoms with Crippen molar-refractivity contribution < 1.29 is 14.6 Å². The molecule has 0 aliphatic rings. The molecule has 1 N–H and O–H groups in total. The fourth-order valence-electron chi connectivity index (χ4n) is 2.97. The third kappa shape index (κ3) is 2.38. The zero-order chi connectivity index (χ0) is 17.3. The molecule has 0 fully saturated rings. The van der Waals surface area contributed by atoms with Crippen molar-refractivity contribution in [1.82, 2.24) is 4.57 Å². The zero-order valence-electron chi connectivity index (χ0n) is 13.4. The molecule has 5 nitrogen and oxygen atoms in total. The van der Waals surface area contributed by atoms with Gasteiger partial charge in [-0.25, -0.2) is 4.79 Å². The monoisotopic (exact) mass is 320 g/mol. The van der Waals surface area contributed by atoms with Crippen molar-refractivity contribution in [2.75, 3.05) is 7.11 Å². The van der Waals surface area contributed by atoms with Crippen LogP contribution < -0.4 is 4.74 Å². The minimum absolute atomic E-state index is 0.220. The summed E-state index contributed by atoms with van der Waals surface area (Å²) in [6.07, 6.45) is 0. The van der Waals surface area contributed by atoms with Crippen LogP contribution >= 0.6 is 0 Å². The summed E-state index contributed by atoms with van der Waals surface area (Å²) in [5.41, 5.74) is 3.33. The van der Waals surface area contributed by atoms with E-state index in [1.165, 1.54) is 0 Å². The van der Waals surface area contributed by atoms with Crippen LogP contribution in [0.25, 0.3) is 22.2 Å². The smallest absolute Gasteiger partial charge is 0.335 e. The van der Waals surface area contributed by atoms with Gasteiger partial charge in [-0.3, -0.25) is 0 Å². The highest BCUT2D eigenvalue weighted by atomic mass is 16.5. The number of hydrogen-bond donors (Lipinski definition) is 1. The topological polar surface area (TPSA) is 75.3 Å². The maximum Gasteiger partial charge on any atom is 0.335 e. The minimum Gasteiger partial charge on any atom is -0.497 e. The lowest BCUT2D eigenvalue weighted by Gasteiger charge is -2.09. The van der Waals surface area contributed by atoms with Gasteiger partial charge in [-0.05, 0) is 36.8 Å². The van der Waals surface area contributed by atoms with Gasteiger partial charge in [-0.2, -0.15) is 5.26 Å².